The first-order valence-electron chi connectivity index (χ1n) is 5.02. The van der Waals surface area contributed by atoms with Gasteiger partial charge in [0.1, 0.15) is 5.82 Å². The average molecular weight is 267 g/mol. The summed E-state index contributed by atoms with van der Waals surface area (Å²) < 4.78 is 13.2. The molecule has 6 heteroatoms. The van der Waals surface area contributed by atoms with Crippen LogP contribution in [0.2, 0.25) is 5.02 Å². The highest BCUT2D eigenvalue weighted by atomic mass is 35.5. The van der Waals surface area contributed by atoms with Crippen molar-refractivity contribution in [3.8, 4) is 0 Å². The van der Waals surface area contributed by atoms with Crippen LogP contribution >= 0.6 is 11.6 Å². The third kappa shape index (κ3) is 2.95. The number of halogens is 2. The van der Waals surface area contributed by atoms with Gasteiger partial charge >= 0.3 is 0 Å². The van der Waals surface area contributed by atoms with Crippen molar-refractivity contribution in [3.63, 3.8) is 0 Å². The Balaban J connectivity index is 2.31. The molecule has 0 radical (unpaired) electrons. The van der Waals surface area contributed by atoms with Crippen molar-refractivity contribution in [2.24, 2.45) is 0 Å². The fraction of sp³-hybridized carbons (Fsp3) is 0. The maximum absolute atomic E-state index is 13.2. The normalized spacial score (nSPS) is 10.1. The summed E-state index contributed by atoms with van der Waals surface area (Å²) in [7, 11) is 0. The van der Waals surface area contributed by atoms with E-state index in [0.717, 1.165) is 6.07 Å². The number of rotatable bonds is 3. The quantitative estimate of drug-likeness (QED) is 0.671. The third-order valence-electron chi connectivity index (χ3n) is 2.21. The van der Waals surface area contributed by atoms with Gasteiger partial charge in [0, 0.05) is 22.5 Å². The number of hydrogen-bond donors (Lipinski definition) is 1. The summed E-state index contributed by atoms with van der Waals surface area (Å²) >= 11 is 5.80. The first kappa shape index (κ1) is 12.3. The second-order valence-corrected chi connectivity index (χ2v) is 4.03. The maximum Gasteiger partial charge on any atom is 0.274 e. The number of hydrogen-bond acceptors (Lipinski definition) is 3. The van der Waals surface area contributed by atoms with Crippen LogP contribution in [-0.2, 0) is 0 Å². The van der Waals surface area contributed by atoms with Crippen LogP contribution in [0.1, 0.15) is 0 Å². The highest BCUT2D eigenvalue weighted by Gasteiger charge is 2.09. The van der Waals surface area contributed by atoms with Gasteiger partial charge in [-0.05, 0) is 24.3 Å². The predicted octanol–water partition coefficient (Wildman–Crippen LogP) is 4.13. The van der Waals surface area contributed by atoms with E-state index in [-0.39, 0.29) is 5.69 Å². The first-order chi connectivity index (χ1) is 8.54. The molecule has 1 N–H and O–H groups in total. The highest BCUT2D eigenvalue weighted by molar-refractivity contribution is 6.30. The lowest BCUT2D eigenvalue weighted by atomic mass is 10.2. The molecule has 0 aliphatic carbocycles. The van der Waals surface area contributed by atoms with Crippen LogP contribution in [0.15, 0.2) is 42.5 Å². The Morgan fingerprint density at radius 1 is 1.17 bits per heavy atom. The second kappa shape index (κ2) is 5.01. The van der Waals surface area contributed by atoms with Gasteiger partial charge in [0.2, 0.25) is 0 Å². The molecule has 0 atom stereocenters. The largest absolute Gasteiger partial charge is 0.355 e. The van der Waals surface area contributed by atoms with Crippen molar-refractivity contribution in [3.05, 3.63) is 63.4 Å². The summed E-state index contributed by atoms with van der Waals surface area (Å²) in [5.74, 6) is -0.672. The Hall–Kier alpha value is -2.14. The Bertz CT molecular complexity index is 604. The summed E-state index contributed by atoms with van der Waals surface area (Å²) in [6.07, 6.45) is 0. The van der Waals surface area contributed by atoms with E-state index in [4.69, 9.17) is 11.6 Å². The molecule has 92 valence electrons. The minimum atomic E-state index is -0.672. The van der Waals surface area contributed by atoms with Crippen LogP contribution in [0.4, 0.5) is 21.5 Å². The monoisotopic (exact) mass is 266 g/mol. The van der Waals surface area contributed by atoms with Gasteiger partial charge in [-0.1, -0.05) is 17.7 Å². The molecule has 0 unspecified atom stereocenters. The number of non-ortho nitro benzene ring substituents is 1. The van der Waals surface area contributed by atoms with E-state index in [1.54, 1.807) is 24.3 Å². The molecule has 0 spiro atoms. The molecule has 0 aromatic heterocycles. The van der Waals surface area contributed by atoms with Crippen LogP contribution in [0.25, 0.3) is 0 Å². The minimum Gasteiger partial charge on any atom is -0.355 e. The standard InChI is InChI=1S/C12H8ClFN2O2/c13-8-2-1-3-10(4-8)15-11-5-9(14)6-12(7-11)16(17)18/h1-7,15H. The Kier molecular flexibility index (Phi) is 3.43. The zero-order valence-electron chi connectivity index (χ0n) is 9.06. The van der Waals surface area contributed by atoms with Crippen molar-refractivity contribution in [1.29, 1.82) is 0 Å². The van der Waals surface area contributed by atoms with Crippen LogP contribution in [-0.4, -0.2) is 4.92 Å². The number of benzene rings is 2. The van der Waals surface area contributed by atoms with E-state index in [2.05, 4.69) is 5.32 Å². The predicted molar refractivity (Wildman–Crippen MR) is 67.8 cm³/mol. The fourth-order valence-electron chi connectivity index (χ4n) is 1.48. The van der Waals surface area contributed by atoms with Gasteiger partial charge in [0.15, 0.2) is 0 Å². The topological polar surface area (TPSA) is 55.2 Å². The smallest absolute Gasteiger partial charge is 0.274 e. The molecule has 2 aromatic carbocycles. The van der Waals surface area contributed by atoms with Gasteiger partial charge in [-0.25, -0.2) is 4.39 Å². The first-order valence-corrected chi connectivity index (χ1v) is 5.40. The summed E-state index contributed by atoms with van der Waals surface area (Å²) in [6.45, 7) is 0. The molecule has 0 bridgehead atoms. The number of nitro groups is 1. The Morgan fingerprint density at radius 2 is 1.94 bits per heavy atom. The molecule has 4 nitrogen and oxygen atoms in total. The molecule has 0 amide bonds. The van der Waals surface area contributed by atoms with Gasteiger partial charge in [-0.3, -0.25) is 10.1 Å². The second-order valence-electron chi connectivity index (χ2n) is 3.59. The van der Waals surface area contributed by atoms with Crippen LogP contribution in [0.5, 0.6) is 0 Å². The summed E-state index contributed by atoms with van der Waals surface area (Å²) in [5.41, 5.74) is 0.617. The molecule has 0 aliphatic heterocycles. The molecular weight excluding hydrogens is 259 g/mol. The van der Waals surface area contributed by atoms with Gasteiger partial charge in [0.05, 0.1) is 11.0 Å². The molecule has 2 aromatic rings. The maximum atomic E-state index is 13.2. The van der Waals surface area contributed by atoms with E-state index >= 15 is 0 Å². The van der Waals surface area contributed by atoms with E-state index in [0.29, 0.717) is 16.4 Å². The van der Waals surface area contributed by atoms with Gasteiger partial charge in [0.25, 0.3) is 5.69 Å². The van der Waals surface area contributed by atoms with Gasteiger partial charge in [-0.2, -0.15) is 0 Å². The SMILES string of the molecule is O=[N+]([O-])c1cc(F)cc(Nc2cccc(Cl)c2)c1. The van der Waals surface area contributed by atoms with Crippen molar-refractivity contribution in [1.82, 2.24) is 0 Å². The molecule has 0 fully saturated rings. The van der Waals surface area contributed by atoms with Crippen LogP contribution in [0.3, 0.4) is 0 Å². The summed E-state index contributed by atoms with van der Waals surface area (Å²) in [4.78, 5) is 9.96. The van der Waals surface area contributed by atoms with Gasteiger partial charge < -0.3 is 5.32 Å². The van der Waals surface area contributed by atoms with Crippen LogP contribution < -0.4 is 5.32 Å². The van der Waals surface area contributed by atoms with Crippen molar-refractivity contribution < 1.29 is 9.31 Å². The lowest BCUT2D eigenvalue weighted by Crippen LogP contribution is -1.94. The average Bonchev–Trinajstić information content (AvgIpc) is 2.28. The van der Waals surface area contributed by atoms with E-state index in [9.17, 15) is 14.5 Å². The van der Waals surface area contributed by atoms with E-state index < -0.39 is 10.7 Å². The number of anilines is 2. The van der Waals surface area contributed by atoms with E-state index in [1.807, 2.05) is 0 Å². The molecule has 0 saturated heterocycles. The van der Waals surface area contributed by atoms with E-state index in [1.165, 1.54) is 12.1 Å². The molecule has 0 saturated carbocycles. The molecule has 0 heterocycles. The van der Waals surface area contributed by atoms with Crippen molar-refractivity contribution in [2.75, 3.05) is 5.32 Å². The third-order valence-corrected chi connectivity index (χ3v) is 2.44. The Labute approximate surface area is 107 Å². The Morgan fingerprint density at radius 3 is 2.61 bits per heavy atom. The van der Waals surface area contributed by atoms with Gasteiger partial charge in [-0.15, -0.1) is 0 Å². The molecule has 18 heavy (non-hydrogen) atoms. The van der Waals surface area contributed by atoms with Crippen LogP contribution in [0, 0.1) is 15.9 Å². The van der Waals surface area contributed by atoms with Crippen molar-refractivity contribution in [2.45, 2.75) is 0 Å². The highest BCUT2D eigenvalue weighted by Crippen LogP contribution is 2.24. The molecular formula is C12H8ClFN2O2. The molecule has 2 rings (SSSR count). The zero-order chi connectivity index (χ0) is 13.1. The summed E-state index contributed by atoms with van der Waals surface area (Å²) in [5, 5.41) is 14.0. The number of nitrogens with zero attached hydrogens (tertiary/aromatic N) is 1. The minimum absolute atomic E-state index is 0.295. The number of nitro benzene ring substituents is 1. The lowest BCUT2D eigenvalue weighted by Gasteiger charge is -2.06. The lowest BCUT2D eigenvalue weighted by molar-refractivity contribution is -0.385. The van der Waals surface area contributed by atoms with Crippen molar-refractivity contribution >= 4 is 28.7 Å². The number of nitrogens with one attached hydrogen (secondary N) is 1. The fourth-order valence-corrected chi connectivity index (χ4v) is 1.67. The molecule has 0 aliphatic rings. The zero-order valence-corrected chi connectivity index (χ0v) is 9.82. The summed E-state index contributed by atoms with van der Waals surface area (Å²) in [6, 6.07) is 10.1.